The molecule has 608 valence electrons. The zero-order valence-electron chi connectivity index (χ0n) is 66.7. The zero-order valence-corrected chi connectivity index (χ0v) is 68.5. The Balaban J connectivity index is 5.36. The molecule has 0 radical (unpaired) electrons. The third kappa shape index (κ3) is 76.9. The summed E-state index contributed by atoms with van der Waals surface area (Å²) >= 11 is 0. The molecular formula is C85H156O17P2. The van der Waals surface area contributed by atoms with Gasteiger partial charge in [0.1, 0.15) is 19.3 Å². The van der Waals surface area contributed by atoms with Crippen LogP contribution in [0.3, 0.4) is 0 Å². The van der Waals surface area contributed by atoms with Crippen LogP contribution in [0.5, 0.6) is 0 Å². The first-order valence-corrected chi connectivity index (χ1v) is 45.5. The third-order valence-electron chi connectivity index (χ3n) is 18.5. The Hall–Kier alpha value is -3.24. The third-order valence-corrected chi connectivity index (χ3v) is 20.4. The van der Waals surface area contributed by atoms with Crippen LogP contribution < -0.4 is 0 Å². The Kier molecular flexibility index (Phi) is 75.5. The summed E-state index contributed by atoms with van der Waals surface area (Å²) in [7, 11) is -9.96. The van der Waals surface area contributed by atoms with E-state index in [-0.39, 0.29) is 25.7 Å². The average Bonchev–Trinajstić information content (AvgIpc) is 0.937. The molecule has 0 amide bonds. The van der Waals surface area contributed by atoms with E-state index >= 15 is 0 Å². The van der Waals surface area contributed by atoms with Gasteiger partial charge in [0.25, 0.3) is 0 Å². The molecule has 0 spiro atoms. The van der Waals surface area contributed by atoms with Gasteiger partial charge in [0.2, 0.25) is 0 Å². The van der Waals surface area contributed by atoms with Crippen LogP contribution in [0.2, 0.25) is 0 Å². The second-order valence-corrected chi connectivity index (χ2v) is 31.7. The Labute approximate surface area is 635 Å². The van der Waals surface area contributed by atoms with Crippen LogP contribution in [0.4, 0.5) is 0 Å². The molecule has 0 aromatic rings. The number of allylic oxidation sites excluding steroid dienone is 10. The lowest BCUT2D eigenvalue weighted by molar-refractivity contribution is -0.161. The maximum absolute atomic E-state index is 13.1. The standard InChI is InChI=1S/C85H156O17P2/c1-5-9-13-17-21-25-29-33-37-39-43-45-49-53-57-61-65-69-82(87)95-75-80(101-84(89)71-67-63-59-55-51-47-41-35-31-27-23-19-15-11-7-3)77-99-103(91,92)97-73-79(86)74-98-104(93,94)100-78-81(102-85(90)72-68-64-60-56-52-48-42-36-32-28-24-20-16-12-8-4)76-96-83(88)70-66-62-58-54-50-46-44-40-38-34-30-26-22-18-14-10-6-2/h21,25,33,35,37,41,43,45,53,57,79-81,86H,5-20,22-24,26-32,34,36,38-40,42,44,46-52,54-56,58-78H2,1-4H3,(H,91,92)(H,93,94)/b25-21-,37-33-,41-35-,45-43-,57-53-/t79-,80+,81+/m0/s1. The van der Waals surface area contributed by atoms with Gasteiger partial charge in [-0.3, -0.25) is 37.3 Å². The van der Waals surface area contributed by atoms with E-state index in [2.05, 4.69) is 76.3 Å². The number of phosphoric acid groups is 2. The van der Waals surface area contributed by atoms with Crippen molar-refractivity contribution in [2.75, 3.05) is 39.6 Å². The maximum Gasteiger partial charge on any atom is 0.472 e. The monoisotopic (exact) mass is 1510 g/mol. The molecule has 0 saturated heterocycles. The van der Waals surface area contributed by atoms with E-state index < -0.39 is 97.5 Å². The Morgan fingerprint density at radius 3 is 0.788 bits per heavy atom. The summed E-state index contributed by atoms with van der Waals surface area (Å²) in [4.78, 5) is 73.1. The number of esters is 4. The van der Waals surface area contributed by atoms with Crippen LogP contribution in [0.1, 0.15) is 400 Å². The lowest BCUT2D eigenvalue weighted by Gasteiger charge is -2.21. The fraction of sp³-hybridized carbons (Fsp3) is 0.835. The largest absolute Gasteiger partial charge is 0.472 e. The van der Waals surface area contributed by atoms with Gasteiger partial charge in [-0.15, -0.1) is 0 Å². The van der Waals surface area contributed by atoms with Crippen LogP contribution in [0, 0.1) is 0 Å². The van der Waals surface area contributed by atoms with Crippen molar-refractivity contribution in [1.29, 1.82) is 0 Å². The van der Waals surface area contributed by atoms with E-state index in [9.17, 15) is 43.2 Å². The number of rotatable bonds is 81. The fourth-order valence-electron chi connectivity index (χ4n) is 12.0. The Morgan fingerprint density at radius 1 is 0.269 bits per heavy atom. The molecule has 17 nitrogen and oxygen atoms in total. The van der Waals surface area contributed by atoms with Crippen molar-refractivity contribution in [2.45, 2.75) is 418 Å². The molecule has 0 heterocycles. The molecule has 5 atom stereocenters. The fourth-order valence-corrected chi connectivity index (χ4v) is 13.6. The van der Waals surface area contributed by atoms with Crippen molar-refractivity contribution in [3.8, 4) is 0 Å². The van der Waals surface area contributed by atoms with Crippen LogP contribution in [0.25, 0.3) is 0 Å². The summed E-state index contributed by atoms with van der Waals surface area (Å²) in [6.07, 6.45) is 79.0. The first kappa shape index (κ1) is 101. The van der Waals surface area contributed by atoms with Gasteiger partial charge >= 0.3 is 39.5 Å². The van der Waals surface area contributed by atoms with E-state index in [1.54, 1.807) is 0 Å². The number of hydrogen-bond acceptors (Lipinski definition) is 15. The van der Waals surface area contributed by atoms with E-state index in [1.165, 1.54) is 205 Å². The summed E-state index contributed by atoms with van der Waals surface area (Å²) in [5.74, 6) is -2.21. The molecule has 0 aromatic heterocycles. The van der Waals surface area contributed by atoms with Crippen LogP contribution in [-0.2, 0) is 65.4 Å². The summed E-state index contributed by atoms with van der Waals surface area (Å²) in [6.45, 7) is 4.88. The molecule has 0 rings (SSSR count). The molecule has 2 unspecified atom stereocenters. The van der Waals surface area contributed by atoms with Crippen LogP contribution in [0.15, 0.2) is 60.8 Å². The molecule has 0 aliphatic carbocycles. The highest BCUT2D eigenvalue weighted by Crippen LogP contribution is 2.45. The van der Waals surface area contributed by atoms with Crippen LogP contribution in [-0.4, -0.2) is 96.7 Å². The van der Waals surface area contributed by atoms with E-state index in [1.807, 2.05) is 12.2 Å². The molecule has 0 fully saturated rings. The SMILES string of the molecule is CCCCC/C=C\C/C=C\C/C=C\C/C=C\CCCC(=O)OC[C@H](COP(=O)(O)OC[C@H](O)COP(=O)(O)OC[C@@H](COC(=O)CCCCCCCCCCCCCCCCCCC)OC(=O)CCCCCCCCCCCCCCCCC)OC(=O)CCCCCCC/C=C\CCCCCCCC. The number of aliphatic hydroxyl groups excluding tert-OH is 1. The minimum atomic E-state index is -4.99. The number of aliphatic hydroxyl groups is 1. The zero-order chi connectivity index (χ0) is 76.0. The summed E-state index contributed by atoms with van der Waals surface area (Å²) < 4.78 is 68.7. The van der Waals surface area contributed by atoms with Crippen molar-refractivity contribution >= 4 is 39.5 Å². The number of phosphoric ester groups is 2. The van der Waals surface area contributed by atoms with Gasteiger partial charge < -0.3 is 33.8 Å². The molecule has 19 heteroatoms. The molecule has 0 aliphatic heterocycles. The quantitative estimate of drug-likeness (QED) is 0.0169. The van der Waals surface area contributed by atoms with Gasteiger partial charge in [0, 0.05) is 25.7 Å². The first-order chi connectivity index (χ1) is 50.7. The van der Waals surface area contributed by atoms with E-state index in [0.29, 0.717) is 32.1 Å². The van der Waals surface area contributed by atoms with Crippen molar-refractivity contribution in [3.05, 3.63) is 60.8 Å². The molecule has 0 aromatic carbocycles. The predicted molar refractivity (Wildman–Crippen MR) is 427 cm³/mol. The van der Waals surface area contributed by atoms with Gasteiger partial charge in [0.15, 0.2) is 12.2 Å². The van der Waals surface area contributed by atoms with Gasteiger partial charge in [-0.2, -0.15) is 0 Å². The average molecular weight is 1510 g/mol. The number of hydrogen-bond donors (Lipinski definition) is 3. The van der Waals surface area contributed by atoms with Gasteiger partial charge in [0.05, 0.1) is 26.4 Å². The van der Waals surface area contributed by atoms with Crippen molar-refractivity contribution in [3.63, 3.8) is 0 Å². The van der Waals surface area contributed by atoms with Gasteiger partial charge in [-0.05, 0) is 89.9 Å². The minimum absolute atomic E-state index is 0.0775. The smallest absolute Gasteiger partial charge is 0.462 e. The van der Waals surface area contributed by atoms with Gasteiger partial charge in [-0.25, -0.2) is 9.13 Å². The highest BCUT2D eigenvalue weighted by atomic mass is 31.2. The lowest BCUT2D eigenvalue weighted by atomic mass is 10.0. The van der Waals surface area contributed by atoms with Crippen LogP contribution >= 0.6 is 15.6 Å². The lowest BCUT2D eigenvalue weighted by Crippen LogP contribution is -2.30. The predicted octanol–water partition coefficient (Wildman–Crippen LogP) is 25.0. The van der Waals surface area contributed by atoms with E-state index in [4.69, 9.17) is 37.0 Å². The summed E-state index contributed by atoms with van der Waals surface area (Å²) in [6, 6.07) is 0. The molecule has 104 heavy (non-hydrogen) atoms. The van der Waals surface area contributed by atoms with Crippen molar-refractivity contribution in [1.82, 2.24) is 0 Å². The van der Waals surface area contributed by atoms with Gasteiger partial charge in [-0.1, -0.05) is 345 Å². The number of carbonyl (C=O) groups excluding carboxylic acids is 4. The molecule has 3 N–H and O–H groups in total. The minimum Gasteiger partial charge on any atom is -0.462 e. The van der Waals surface area contributed by atoms with E-state index in [0.717, 1.165) is 109 Å². The molecule has 0 bridgehead atoms. The topological polar surface area (TPSA) is 237 Å². The molecule has 0 saturated carbocycles. The molecular weight excluding hydrogens is 1350 g/mol. The second-order valence-electron chi connectivity index (χ2n) is 28.8. The number of carbonyl (C=O) groups is 4. The number of unbranched alkanes of at least 4 members (excludes halogenated alkanes) is 45. The molecule has 0 aliphatic rings. The first-order valence-electron chi connectivity index (χ1n) is 42.5. The maximum atomic E-state index is 13.1. The highest BCUT2D eigenvalue weighted by Gasteiger charge is 2.30. The van der Waals surface area contributed by atoms with Crippen molar-refractivity contribution < 1.29 is 80.2 Å². The summed E-state index contributed by atoms with van der Waals surface area (Å²) in [5, 5.41) is 10.7. The second kappa shape index (κ2) is 77.9. The Morgan fingerprint density at radius 2 is 0.481 bits per heavy atom. The normalized spacial score (nSPS) is 14.1. The highest BCUT2D eigenvalue weighted by molar-refractivity contribution is 7.47. The number of ether oxygens (including phenoxy) is 4. The Bertz CT molecular complexity index is 2200. The van der Waals surface area contributed by atoms with Crippen molar-refractivity contribution in [2.24, 2.45) is 0 Å². The summed E-state index contributed by atoms with van der Waals surface area (Å²) in [5.41, 5.74) is 0.